The standard InChI is InChI=1S/C11H21NO3/c1-2-3-7-14-8-9-15-10(13)11(12)5-4-6-11/h2-9,12H2,1H3. The van der Waals surface area contributed by atoms with Gasteiger partial charge in [0.1, 0.15) is 12.1 Å². The lowest BCUT2D eigenvalue weighted by Crippen LogP contribution is -2.54. The summed E-state index contributed by atoms with van der Waals surface area (Å²) in [4.78, 5) is 11.4. The lowest BCUT2D eigenvalue weighted by Gasteiger charge is -2.34. The average Bonchev–Trinajstić information content (AvgIpc) is 2.19. The van der Waals surface area contributed by atoms with E-state index in [1.807, 2.05) is 0 Å². The number of rotatable bonds is 7. The molecule has 4 nitrogen and oxygen atoms in total. The van der Waals surface area contributed by atoms with Gasteiger partial charge in [-0.1, -0.05) is 13.3 Å². The summed E-state index contributed by atoms with van der Waals surface area (Å²) in [6.45, 7) is 3.64. The molecule has 1 aliphatic carbocycles. The van der Waals surface area contributed by atoms with E-state index < -0.39 is 5.54 Å². The van der Waals surface area contributed by atoms with E-state index in [-0.39, 0.29) is 5.97 Å². The summed E-state index contributed by atoms with van der Waals surface area (Å²) in [6, 6.07) is 0. The number of unbranched alkanes of at least 4 members (excludes halogenated alkanes) is 1. The molecule has 0 atom stereocenters. The molecule has 15 heavy (non-hydrogen) atoms. The average molecular weight is 215 g/mol. The summed E-state index contributed by atoms with van der Waals surface area (Å²) >= 11 is 0. The van der Waals surface area contributed by atoms with Gasteiger partial charge in [-0.05, 0) is 25.7 Å². The fourth-order valence-corrected chi connectivity index (χ4v) is 1.45. The minimum Gasteiger partial charge on any atom is -0.462 e. The predicted molar refractivity (Wildman–Crippen MR) is 57.5 cm³/mol. The molecule has 0 saturated heterocycles. The van der Waals surface area contributed by atoms with Crippen LogP contribution in [-0.2, 0) is 14.3 Å². The lowest BCUT2D eigenvalue weighted by molar-refractivity contribution is -0.155. The highest BCUT2D eigenvalue weighted by Gasteiger charge is 2.41. The number of carbonyl (C=O) groups excluding carboxylic acids is 1. The highest BCUT2D eigenvalue weighted by atomic mass is 16.6. The third-order valence-corrected chi connectivity index (χ3v) is 2.76. The molecule has 0 aromatic heterocycles. The molecule has 0 amide bonds. The molecule has 0 bridgehead atoms. The number of ether oxygens (including phenoxy) is 2. The SMILES string of the molecule is CCCCOCCOC(=O)C1(N)CCC1. The Bertz CT molecular complexity index is 202. The van der Waals surface area contributed by atoms with Crippen molar-refractivity contribution < 1.29 is 14.3 Å². The highest BCUT2D eigenvalue weighted by molar-refractivity contribution is 5.81. The molecule has 0 unspecified atom stereocenters. The third kappa shape index (κ3) is 3.80. The first-order chi connectivity index (χ1) is 7.19. The molecule has 0 aromatic carbocycles. The van der Waals surface area contributed by atoms with Crippen molar-refractivity contribution in [3.63, 3.8) is 0 Å². The number of carbonyl (C=O) groups is 1. The zero-order valence-corrected chi connectivity index (χ0v) is 9.46. The van der Waals surface area contributed by atoms with Crippen molar-refractivity contribution in [1.29, 1.82) is 0 Å². The zero-order valence-electron chi connectivity index (χ0n) is 9.46. The van der Waals surface area contributed by atoms with E-state index in [9.17, 15) is 4.79 Å². The number of nitrogens with two attached hydrogens (primary N) is 1. The molecular weight excluding hydrogens is 194 g/mol. The van der Waals surface area contributed by atoms with Crippen molar-refractivity contribution >= 4 is 5.97 Å². The maximum absolute atomic E-state index is 11.4. The van der Waals surface area contributed by atoms with Gasteiger partial charge in [0.15, 0.2) is 0 Å². The van der Waals surface area contributed by atoms with Crippen LogP contribution in [0.1, 0.15) is 39.0 Å². The molecule has 0 heterocycles. The Morgan fingerprint density at radius 2 is 2.07 bits per heavy atom. The van der Waals surface area contributed by atoms with E-state index in [0.29, 0.717) is 13.2 Å². The first-order valence-corrected chi connectivity index (χ1v) is 5.73. The van der Waals surface area contributed by atoms with E-state index in [1.165, 1.54) is 0 Å². The van der Waals surface area contributed by atoms with Gasteiger partial charge in [-0.3, -0.25) is 4.79 Å². The fraction of sp³-hybridized carbons (Fsp3) is 0.909. The predicted octanol–water partition coefficient (Wildman–Crippen LogP) is 1.23. The van der Waals surface area contributed by atoms with Crippen LogP contribution in [0.4, 0.5) is 0 Å². The number of hydrogen-bond acceptors (Lipinski definition) is 4. The quantitative estimate of drug-likeness (QED) is 0.512. The summed E-state index contributed by atoms with van der Waals surface area (Å²) < 4.78 is 10.3. The fourth-order valence-electron chi connectivity index (χ4n) is 1.45. The van der Waals surface area contributed by atoms with Gasteiger partial charge in [-0.2, -0.15) is 0 Å². The summed E-state index contributed by atoms with van der Waals surface area (Å²) in [6.07, 6.45) is 4.70. The Hall–Kier alpha value is -0.610. The Balaban J connectivity index is 1.97. The minimum absolute atomic E-state index is 0.271. The molecule has 0 radical (unpaired) electrons. The second-order valence-corrected chi connectivity index (χ2v) is 4.11. The Morgan fingerprint density at radius 3 is 2.60 bits per heavy atom. The van der Waals surface area contributed by atoms with Gasteiger partial charge in [0, 0.05) is 6.61 Å². The molecule has 1 aliphatic rings. The van der Waals surface area contributed by atoms with E-state index in [2.05, 4.69) is 6.92 Å². The largest absolute Gasteiger partial charge is 0.462 e. The van der Waals surface area contributed by atoms with Crippen LogP contribution in [0.25, 0.3) is 0 Å². The molecule has 1 saturated carbocycles. The van der Waals surface area contributed by atoms with Crippen LogP contribution in [0.15, 0.2) is 0 Å². The van der Waals surface area contributed by atoms with Crippen LogP contribution in [-0.4, -0.2) is 31.3 Å². The second kappa shape index (κ2) is 6.08. The van der Waals surface area contributed by atoms with E-state index in [0.717, 1.165) is 38.7 Å². The van der Waals surface area contributed by atoms with Gasteiger partial charge in [0.25, 0.3) is 0 Å². The summed E-state index contributed by atoms with van der Waals surface area (Å²) in [5.74, 6) is -0.271. The molecule has 2 N–H and O–H groups in total. The summed E-state index contributed by atoms with van der Waals surface area (Å²) in [5.41, 5.74) is 5.10. The molecular formula is C11H21NO3. The van der Waals surface area contributed by atoms with Crippen molar-refractivity contribution in [3.05, 3.63) is 0 Å². The van der Waals surface area contributed by atoms with Gasteiger partial charge in [0.05, 0.1) is 6.61 Å². The van der Waals surface area contributed by atoms with Crippen molar-refractivity contribution in [2.45, 2.75) is 44.6 Å². The molecule has 0 spiro atoms. The first kappa shape index (κ1) is 12.5. The first-order valence-electron chi connectivity index (χ1n) is 5.73. The summed E-state index contributed by atoms with van der Waals surface area (Å²) in [7, 11) is 0. The van der Waals surface area contributed by atoms with Crippen LogP contribution in [0, 0.1) is 0 Å². The lowest BCUT2D eigenvalue weighted by atomic mass is 9.78. The van der Waals surface area contributed by atoms with Crippen LogP contribution in [0.5, 0.6) is 0 Å². The molecule has 0 aliphatic heterocycles. The topological polar surface area (TPSA) is 61.5 Å². The second-order valence-electron chi connectivity index (χ2n) is 4.11. The smallest absolute Gasteiger partial charge is 0.326 e. The molecule has 4 heteroatoms. The van der Waals surface area contributed by atoms with Crippen LogP contribution < -0.4 is 5.73 Å². The normalized spacial score (nSPS) is 18.3. The minimum atomic E-state index is -0.691. The monoisotopic (exact) mass is 215 g/mol. The van der Waals surface area contributed by atoms with Crippen LogP contribution >= 0.6 is 0 Å². The van der Waals surface area contributed by atoms with Gasteiger partial charge >= 0.3 is 5.97 Å². The molecule has 0 aromatic rings. The van der Waals surface area contributed by atoms with Crippen molar-refractivity contribution in [3.8, 4) is 0 Å². The van der Waals surface area contributed by atoms with Gasteiger partial charge in [-0.25, -0.2) is 0 Å². The molecule has 88 valence electrons. The van der Waals surface area contributed by atoms with Gasteiger partial charge in [0.2, 0.25) is 0 Å². The van der Waals surface area contributed by atoms with Crippen LogP contribution in [0.3, 0.4) is 0 Å². The maximum Gasteiger partial charge on any atom is 0.326 e. The van der Waals surface area contributed by atoms with Gasteiger partial charge < -0.3 is 15.2 Å². The number of hydrogen-bond donors (Lipinski definition) is 1. The van der Waals surface area contributed by atoms with Gasteiger partial charge in [-0.15, -0.1) is 0 Å². The number of esters is 1. The van der Waals surface area contributed by atoms with E-state index >= 15 is 0 Å². The summed E-state index contributed by atoms with van der Waals surface area (Å²) in [5, 5.41) is 0. The van der Waals surface area contributed by atoms with E-state index in [1.54, 1.807) is 0 Å². The third-order valence-electron chi connectivity index (χ3n) is 2.76. The van der Waals surface area contributed by atoms with Crippen molar-refractivity contribution in [2.75, 3.05) is 19.8 Å². The molecule has 1 fully saturated rings. The zero-order chi connectivity index (χ0) is 11.1. The highest BCUT2D eigenvalue weighted by Crippen LogP contribution is 2.29. The van der Waals surface area contributed by atoms with Crippen molar-refractivity contribution in [1.82, 2.24) is 0 Å². The maximum atomic E-state index is 11.4. The van der Waals surface area contributed by atoms with Crippen LogP contribution in [0.2, 0.25) is 0 Å². The Labute approximate surface area is 91.1 Å². The Morgan fingerprint density at radius 1 is 1.33 bits per heavy atom. The molecule has 1 rings (SSSR count). The Kier molecular flexibility index (Phi) is 5.05. The van der Waals surface area contributed by atoms with E-state index in [4.69, 9.17) is 15.2 Å². The van der Waals surface area contributed by atoms with Crippen molar-refractivity contribution in [2.24, 2.45) is 5.73 Å².